The van der Waals surface area contributed by atoms with Gasteiger partial charge in [0.05, 0.1) is 22.7 Å². The molecule has 0 aliphatic carbocycles. The van der Waals surface area contributed by atoms with E-state index in [1.54, 1.807) is 52.0 Å². The van der Waals surface area contributed by atoms with E-state index in [-0.39, 0.29) is 32.9 Å². The third-order valence-electron chi connectivity index (χ3n) is 9.05. The van der Waals surface area contributed by atoms with Gasteiger partial charge in [-0.3, -0.25) is 18.2 Å². The molecular formula is C37H32N6O13S4. The molecule has 0 saturated carbocycles. The van der Waals surface area contributed by atoms with E-state index in [0.717, 1.165) is 24.3 Å². The van der Waals surface area contributed by atoms with Crippen molar-refractivity contribution in [1.29, 1.82) is 0 Å². The van der Waals surface area contributed by atoms with Crippen molar-refractivity contribution >= 4 is 102 Å². The summed E-state index contributed by atoms with van der Waals surface area (Å²) in [5.74, 6) is 0. The van der Waals surface area contributed by atoms with Crippen molar-refractivity contribution in [2.75, 3.05) is 10.6 Å². The smallest absolute Gasteiger partial charge is 0.307 e. The molecule has 0 fully saturated rings. The number of hydrogen-bond donors (Lipinski definition) is 6. The number of anilines is 2. The van der Waals surface area contributed by atoms with Crippen LogP contribution in [0.15, 0.2) is 125 Å². The van der Waals surface area contributed by atoms with Gasteiger partial charge in [0, 0.05) is 32.9 Å². The lowest BCUT2D eigenvalue weighted by molar-refractivity contribution is 0.262. The highest BCUT2D eigenvalue weighted by atomic mass is 32.2. The summed E-state index contributed by atoms with van der Waals surface area (Å²) in [7, 11) is -19.3. The average Bonchev–Trinajstić information content (AvgIpc) is 3.13. The van der Waals surface area contributed by atoms with Crippen LogP contribution >= 0.6 is 0 Å². The summed E-state index contributed by atoms with van der Waals surface area (Å²) in [6, 6.07) is 17.1. The molecule has 6 N–H and O–H groups in total. The molecule has 0 aliphatic heterocycles. The molecule has 0 aromatic heterocycles. The van der Waals surface area contributed by atoms with E-state index in [1.807, 2.05) is 0 Å². The van der Waals surface area contributed by atoms with Crippen molar-refractivity contribution in [3.8, 4) is 0 Å². The van der Waals surface area contributed by atoms with Crippen LogP contribution in [0.4, 0.5) is 38.9 Å². The number of azo groups is 2. The molecule has 0 saturated heterocycles. The number of urea groups is 1. The van der Waals surface area contributed by atoms with Gasteiger partial charge in [0.15, 0.2) is 0 Å². The number of fused-ring (bicyclic) bond motifs is 2. The zero-order valence-corrected chi connectivity index (χ0v) is 34.7. The molecule has 6 aromatic rings. The van der Waals surface area contributed by atoms with E-state index in [1.165, 1.54) is 36.4 Å². The van der Waals surface area contributed by atoms with Crippen LogP contribution in [-0.4, -0.2) is 57.9 Å². The highest BCUT2D eigenvalue weighted by Gasteiger charge is 2.23. The fourth-order valence-electron chi connectivity index (χ4n) is 6.20. The van der Waals surface area contributed by atoms with Crippen LogP contribution in [0.25, 0.3) is 21.5 Å². The minimum atomic E-state index is -4.87. The number of hydrogen-bond acceptors (Lipinski definition) is 13. The van der Waals surface area contributed by atoms with E-state index in [9.17, 15) is 56.7 Å². The fraction of sp³-hybridized carbons (Fsp3) is 0.108. The Morgan fingerprint density at radius 1 is 0.433 bits per heavy atom. The molecule has 23 heteroatoms. The standard InChI is InChI=1S/C37H32N6O13S4/c1-19-13-31(42-40-23-15-27-25(35(17-23)59(51,52)53)7-5-9-33(27)57(45,46)47)21(3)11-29(19)38-37(44)39-30-12-22(4)32(14-20(30)2)43-41-24-16-28-26(36(18-24)60(54,55)56)8-6-10-34(28)58(48,49)50/h5-18H,1-4H3,(H2,38,39,44)(H,45,46,47)(H,48,49,50)(H,51,52,53)(H,54,55,56). The van der Waals surface area contributed by atoms with Crippen molar-refractivity contribution < 1.29 is 56.7 Å². The molecule has 0 radical (unpaired) electrons. The van der Waals surface area contributed by atoms with E-state index >= 15 is 0 Å². The number of nitrogens with one attached hydrogen (secondary N) is 2. The van der Waals surface area contributed by atoms with Crippen molar-refractivity contribution in [3.63, 3.8) is 0 Å². The first-order valence-electron chi connectivity index (χ1n) is 17.0. The molecule has 19 nitrogen and oxygen atoms in total. The first-order valence-corrected chi connectivity index (χ1v) is 22.7. The number of carbonyl (C=O) groups excluding carboxylic acids is 1. The summed E-state index contributed by atoms with van der Waals surface area (Å²) in [5, 5.41) is 21.2. The van der Waals surface area contributed by atoms with Crippen LogP contribution in [0.1, 0.15) is 22.3 Å². The minimum Gasteiger partial charge on any atom is -0.307 e. The van der Waals surface area contributed by atoms with Crippen molar-refractivity contribution in [1.82, 2.24) is 0 Å². The SMILES string of the molecule is Cc1cc(NC(=O)Nc2cc(C)c(N=Nc3cc(S(=O)(=O)O)c4cccc(S(=O)(=O)O)c4c3)cc2C)c(C)cc1N=Nc1cc(S(=O)(=O)O)c2cccc(S(=O)(=O)O)c2c1. The maximum Gasteiger partial charge on any atom is 0.323 e. The van der Waals surface area contributed by atoms with Crippen LogP contribution in [0, 0.1) is 27.7 Å². The van der Waals surface area contributed by atoms with Gasteiger partial charge in [-0.05, 0) is 111 Å². The number of nitrogens with zero attached hydrogens (tertiary/aromatic N) is 4. The van der Waals surface area contributed by atoms with Gasteiger partial charge in [-0.25, -0.2) is 4.79 Å². The van der Waals surface area contributed by atoms with Gasteiger partial charge in [0.25, 0.3) is 40.5 Å². The monoisotopic (exact) mass is 896 g/mol. The second kappa shape index (κ2) is 15.9. The Morgan fingerprint density at radius 3 is 1.12 bits per heavy atom. The molecule has 6 aromatic carbocycles. The molecule has 0 aliphatic rings. The molecule has 0 atom stereocenters. The third-order valence-corrected chi connectivity index (χ3v) is 12.7. The Bertz CT molecular complexity index is 3120. The molecule has 0 unspecified atom stereocenters. The van der Waals surface area contributed by atoms with Gasteiger partial charge < -0.3 is 10.6 Å². The molecule has 0 bridgehead atoms. The molecule has 0 spiro atoms. The Morgan fingerprint density at radius 2 is 0.783 bits per heavy atom. The molecule has 6 rings (SSSR count). The first kappa shape index (κ1) is 43.5. The Labute approximate surface area is 342 Å². The number of rotatable bonds is 10. The molecule has 2 amide bonds. The average molecular weight is 897 g/mol. The second-order valence-corrected chi connectivity index (χ2v) is 18.9. The predicted molar refractivity (Wildman–Crippen MR) is 220 cm³/mol. The predicted octanol–water partition coefficient (Wildman–Crippen LogP) is 8.69. The van der Waals surface area contributed by atoms with Gasteiger partial charge in [-0.2, -0.15) is 54.1 Å². The summed E-state index contributed by atoms with van der Waals surface area (Å²) >= 11 is 0. The van der Waals surface area contributed by atoms with E-state index in [0.29, 0.717) is 45.0 Å². The van der Waals surface area contributed by atoms with E-state index in [2.05, 4.69) is 31.1 Å². The normalized spacial score (nSPS) is 12.8. The quantitative estimate of drug-likeness (QED) is 0.0554. The largest absolute Gasteiger partial charge is 0.323 e. The summed E-state index contributed by atoms with van der Waals surface area (Å²) in [6.07, 6.45) is 0. The molecule has 312 valence electrons. The van der Waals surface area contributed by atoms with Crippen LogP contribution in [0.3, 0.4) is 0 Å². The van der Waals surface area contributed by atoms with Gasteiger partial charge in [0.1, 0.15) is 19.6 Å². The number of carbonyl (C=O) groups is 1. The fourth-order valence-corrected chi connectivity index (χ4v) is 9.04. The lowest BCUT2D eigenvalue weighted by Crippen LogP contribution is -2.20. The minimum absolute atomic E-state index is 0.155. The second-order valence-electron chi connectivity index (χ2n) is 13.4. The van der Waals surface area contributed by atoms with Gasteiger partial charge >= 0.3 is 6.03 Å². The highest BCUT2D eigenvalue weighted by molar-refractivity contribution is 7.87. The summed E-state index contributed by atoms with van der Waals surface area (Å²) in [4.78, 5) is 10.7. The summed E-state index contributed by atoms with van der Waals surface area (Å²) in [5.41, 5.74) is 3.15. The lowest BCUT2D eigenvalue weighted by Gasteiger charge is -2.14. The van der Waals surface area contributed by atoms with Crippen LogP contribution in [0.5, 0.6) is 0 Å². The molecule has 0 heterocycles. The number of amides is 2. The van der Waals surface area contributed by atoms with Gasteiger partial charge in [-0.1, -0.05) is 24.3 Å². The Balaban J connectivity index is 1.22. The first-order chi connectivity index (χ1) is 27.8. The van der Waals surface area contributed by atoms with Crippen LogP contribution < -0.4 is 10.6 Å². The maximum atomic E-state index is 13.2. The topological polar surface area (TPSA) is 308 Å². The summed E-state index contributed by atoms with van der Waals surface area (Å²) < 4.78 is 136. The third kappa shape index (κ3) is 9.37. The van der Waals surface area contributed by atoms with E-state index < -0.39 is 66.1 Å². The Kier molecular flexibility index (Phi) is 11.5. The van der Waals surface area contributed by atoms with E-state index in [4.69, 9.17) is 0 Å². The van der Waals surface area contributed by atoms with Crippen molar-refractivity contribution in [2.24, 2.45) is 20.5 Å². The summed E-state index contributed by atoms with van der Waals surface area (Å²) in [6.45, 7) is 6.66. The lowest BCUT2D eigenvalue weighted by atomic mass is 10.1. The highest BCUT2D eigenvalue weighted by Crippen LogP contribution is 2.37. The van der Waals surface area contributed by atoms with Crippen molar-refractivity contribution in [3.05, 3.63) is 107 Å². The molecule has 60 heavy (non-hydrogen) atoms. The maximum absolute atomic E-state index is 13.2. The number of benzene rings is 6. The van der Waals surface area contributed by atoms with Crippen LogP contribution in [-0.2, 0) is 40.5 Å². The van der Waals surface area contributed by atoms with Crippen molar-refractivity contribution in [2.45, 2.75) is 47.3 Å². The van der Waals surface area contributed by atoms with Gasteiger partial charge in [-0.15, -0.1) is 0 Å². The zero-order chi connectivity index (χ0) is 44.1. The zero-order valence-electron chi connectivity index (χ0n) is 31.5. The molecular weight excluding hydrogens is 865 g/mol. The Hall–Kier alpha value is -6.05. The number of aryl methyl sites for hydroxylation is 4. The van der Waals surface area contributed by atoms with Crippen LogP contribution in [0.2, 0.25) is 0 Å². The van der Waals surface area contributed by atoms with Gasteiger partial charge in [0.2, 0.25) is 0 Å².